The van der Waals surface area contributed by atoms with Crippen molar-refractivity contribution >= 4 is 16.8 Å². The van der Waals surface area contributed by atoms with Gasteiger partial charge in [-0.05, 0) is 50.3 Å². The lowest BCUT2D eigenvalue weighted by atomic mass is 9.79. The Morgan fingerprint density at radius 1 is 1.23 bits per heavy atom. The largest absolute Gasteiger partial charge is 0.379 e. The lowest BCUT2D eigenvalue weighted by Crippen LogP contribution is -2.53. The summed E-state index contributed by atoms with van der Waals surface area (Å²) in [7, 11) is 0. The summed E-state index contributed by atoms with van der Waals surface area (Å²) in [6.45, 7) is 9.67. The lowest BCUT2D eigenvalue weighted by molar-refractivity contribution is 0.00573. The number of hydrogen-bond acceptors (Lipinski definition) is 3. The van der Waals surface area contributed by atoms with E-state index < -0.39 is 0 Å². The highest BCUT2D eigenvalue weighted by Crippen LogP contribution is 2.34. The average molecular weight is 355 g/mol. The number of H-pyrrole nitrogens is 1. The second-order valence-corrected chi connectivity index (χ2v) is 8.23. The summed E-state index contributed by atoms with van der Waals surface area (Å²) in [6.07, 6.45) is 4.10. The van der Waals surface area contributed by atoms with Crippen molar-refractivity contribution in [3.8, 4) is 0 Å². The van der Waals surface area contributed by atoms with E-state index in [2.05, 4.69) is 23.7 Å². The van der Waals surface area contributed by atoms with Gasteiger partial charge in [0, 0.05) is 54.9 Å². The summed E-state index contributed by atoms with van der Waals surface area (Å²) < 4.78 is 5.96. The number of ether oxygens (including phenoxy) is 1. The molecule has 26 heavy (non-hydrogen) atoms. The van der Waals surface area contributed by atoms with Crippen LogP contribution >= 0.6 is 0 Å². The Morgan fingerprint density at radius 3 is 2.96 bits per heavy atom. The molecule has 1 spiro atoms. The first-order valence-electron chi connectivity index (χ1n) is 9.75. The van der Waals surface area contributed by atoms with E-state index in [1.54, 1.807) is 0 Å². The van der Waals surface area contributed by atoms with Crippen molar-refractivity contribution in [1.29, 1.82) is 0 Å². The zero-order valence-electron chi connectivity index (χ0n) is 15.8. The molecule has 3 heterocycles. The van der Waals surface area contributed by atoms with E-state index in [1.165, 1.54) is 0 Å². The van der Waals surface area contributed by atoms with Gasteiger partial charge in [-0.15, -0.1) is 0 Å². The van der Waals surface area contributed by atoms with Crippen LogP contribution < -0.4 is 0 Å². The molecule has 1 aromatic heterocycles. The third-order valence-electron chi connectivity index (χ3n) is 5.95. The minimum absolute atomic E-state index is 0.0607. The first kappa shape index (κ1) is 17.6. The molecule has 0 aliphatic carbocycles. The number of hydrogen-bond donors (Lipinski definition) is 1. The highest BCUT2D eigenvalue weighted by atomic mass is 16.5. The van der Waals surface area contributed by atoms with Gasteiger partial charge in [0.1, 0.15) is 0 Å². The highest BCUT2D eigenvalue weighted by Gasteiger charge is 2.40. The minimum Gasteiger partial charge on any atom is -0.379 e. The van der Waals surface area contributed by atoms with Gasteiger partial charge in [0.2, 0.25) is 0 Å². The van der Waals surface area contributed by atoms with Crippen LogP contribution in [-0.4, -0.2) is 66.1 Å². The molecule has 2 fully saturated rings. The van der Waals surface area contributed by atoms with Gasteiger partial charge in [-0.25, -0.2) is 0 Å². The summed E-state index contributed by atoms with van der Waals surface area (Å²) in [5.41, 5.74) is 1.85. The van der Waals surface area contributed by atoms with Crippen LogP contribution in [0.2, 0.25) is 0 Å². The van der Waals surface area contributed by atoms with Gasteiger partial charge in [0.15, 0.2) is 0 Å². The molecule has 1 amide bonds. The number of nitrogens with zero attached hydrogens (tertiary/aromatic N) is 2. The van der Waals surface area contributed by atoms with Gasteiger partial charge in [0.05, 0.1) is 13.2 Å². The summed E-state index contributed by atoms with van der Waals surface area (Å²) in [4.78, 5) is 20.9. The molecule has 2 aromatic rings. The van der Waals surface area contributed by atoms with Crippen LogP contribution in [0.5, 0.6) is 0 Å². The Balaban J connectivity index is 1.54. The van der Waals surface area contributed by atoms with Gasteiger partial charge in [-0.2, -0.15) is 0 Å². The van der Waals surface area contributed by atoms with Gasteiger partial charge in [-0.1, -0.05) is 6.07 Å². The van der Waals surface area contributed by atoms with Crippen molar-refractivity contribution in [1.82, 2.24) is 14.8 Å². The Hall–Kier alpha value is -1.85. The van der Waals surface area contributed by atoms with Crippen molar-refractivity contribution < 1.29 is 9.53 Å². The molecule has 0 unspecified atom stereocenters. The molecule has 1 atom stereocenters. The average Bonchev–Trinajstić information content (AvgIpc) is 3.02. The van der Waals surface area contributed by atoms with Crippen LogP contribution in [0.3, 0.4) is 0 Å². The number of piperidine rings is 1. The minimum atomic E-state index is 0.0607. The van der Waals surface area contributed by atoms with E-state index in [1.807, 2.05) is 35.4 Å². The van der Waals surface area contributed by atoms with Gasteiger partial charge in [0.25, 0.3) is 5.91 Å². The maximum Gasteiger partial charge on any atom is 0.253 e. The predicted octanol–water partition coefficient (Wildman–Crippen LogP) is 3.13. The standard InChI is InChI=1S/C21H29N3O2/c1-16(2)23-10-11-26-15-21(13-23)7-3-9-24(14-21)20(25)18-5-4-17-6-8-22-19(17)12-18/h4-6,8,12,16,22H,3,7,9-11,13-15H2,1-2H3/t21-/m0/s1. The van der Waals surface area contributed by atoms with Crippen molar-refractivity contribution in [2.24, 2.45) is 5.41 Å². The number of aromatic nitrogens is 1. The molecular weight excluding hydrogens is 326 g/mol. The number of likely N-dealkylation sites (tertiary alicyclic amines) is 1. The number of fused-ring (bicyclic) bond motifs is 1. The molecule has 0 bridgehead atoms. The molecule has 1 aromatic carbocycles. The Bertz CT molecular complexity index is 784. The number of carbonyl (C=O) groups is 1. The Labute approximate surface area is 155 Å². The van der Waals surface area contributed by atoms with Crippen LogP contribution in [-0.2, 0) is 4.74 Å². The monoisotopic (exact) mass is 355 g/mol. The number of rotatable bonds is 2. The highest BCUT2D eigenvalue weighted by molar-refractivity contribution is 5.98. The zero-order valence-corrected chi connectivity index (χ0v) is 15.8. The van der Waals surface area contributed by atoms with Crippen LogP contribution in [0.15, 0.2) is 30.5 Å². The van der Waals surface area contributed by atoms with E-state index in [0.29, 0.717) is 6.04 Å². The molecule has 2 aliphatic rings. The fraction of sp³-hybridized carbons (Fsp3) is 0.571. The molecule has 2 aliphatic heterocycles. The normalized spacial score (nSPS) is 25.1. The van der Waals surface area contributed by atoms with Crippen molar-refractivity contribution in [2.75, 3.05) is 39.4 Å². The van der Waals surface area contributed by atoms with Crippen LogP contribution in [0.25, 0.3) is 10.9 Å². The van der Waals surface area contributed by atoms with E-state index in [9.17, 15) is 4.79 Å². The maximum absolute atomic E-state index is 13.2. The van der Waals surface area contributed by atoms with Crippen molar-refractivity contribution in [2.45, 2.75) is 32.7 Å². The molecule has 2 saturated heterocycles. The zero-order chi connectivity index (χ0) is 18.1. The number of carbonyl (C=O) groups excluding carboxylic acids is 1. The maximum atomic E-state index is 13.2. The number of nitrogens with one attached hydrogen (secondary N) is 1. The second-order valence-electron chi connectivity index (χ2n) is 8.23. The molecule has 0 radical (unpaired) electrons. The second kappa shape index (κ2) is 7.05. The molecule has 5 nitrogen and oxygen atoms in total. The summed E-state index contributed by atoms with van der Waals surface area (Å²) in [6, 6.07) is 8.49. The number of amides is 1. The van der Waals surface area contributed by atoms with Crippen LogP contribution in [0.4, 0.5) is 0 Å². The molecular formula is C21H29N3O2. The molecule has 140 valence electrons. The summed E-state index contributed by atoms with van der Waals surface area (Å²) in [5, 5.41) is 1.14. The number of aromatic amines is 1. The van der Waals surface area contributed by atoms with Gasteiger partial charge in [-0.3, -0.25) is 9.69 Å². The van der Waals surface area contributed by atoms with Gasteiger partial charge >= 0.3 is 0 Å². The predicted molar refractivity (Wildman–Crippen MR) is 103 cm³/mol. The third kappa shape index (κ3) is 3.38. The van der Waals surface area contributed by atoms with Gasteiger partial charge < -0.3 is 14.6 Å². The quantitative estimate of drug-likeness (QED) is 0.900. The van der Waals surface area contributed by atoms with E-state index in [4.69, 9.17) is 4.74 Å². The van der Waals surface area contributed by atoms with Crippen molar-refractivity contribution in [3.05, 3.63) is 36.0 Å². The topological polar surface area (TPSA) is 48.6 Å². The van der Waals surface area contributed by atoms with E-state index in [0.717, 1.165) is 68.7 Å². The van der Waals surface area contributed by atoms with E-state index >= 15 is 0 Å². The SMILES string of the molecule is CC(C)N1CCOC[C@@]2(CCCN(C(=O)c3ccc4cc[nH]c4c3)C2)C1. The summed E-state index contributed by atoms with van der Waals surface area (Å²) in [5.74, 6) is 0.140. The molecule has 0 saturated carbocycles. The smallest absolute Gasteiger partial charge is 0.253 e. The fourth-order valence-electron chi connectivity index (χ4n) is 4.46. The fourth-order valence-corrected chi connectivity index (χ4v) is 4.46. The van der Waals surface area contributed by atoms with Crippen LogP contribution in [0.1, 0.15) is 37.0 Å². The first-order valence-corrected chi connectivity index (χ1v) is 9.75. The van der Waals surface area contributed by atoms with Crippen LogP contribution in [0, 0.1) is 5.41 Å². The lowest BCUT2D eigenvalue weighted by Gasteiger charge is -2.44. The molecule has 1 N–H and O–H groups in total. The third-order valence-corrected chi connectivity index (χ3v) is 5.95. The summed E-state index contributed by atoms with van der Waals surface area (Å²) >= 11 is 0. The van der Waals surface area contributed by atoms with Crippen molar-refractivity contribution in [3.63, 3.8) is 0 Å². The number of benzene rings is 1. The Morgan fingerprint density at radius 2 is 2.12 bits per heavy atom. The molecule has 5 heteroatoms. The first-order chi connectivity index (χ1) is 12.6. The van der Waals surface area contributed by atoms with E-state index in [-0.39, 0.29) is 11.3 Å². The molecule has 4 rings (SSSR count). The Kier molecular flexibility index (Phi) is 4.76.